The molecule has 3 rings (SSSR count). The Kier molecular flexibility index (Phi) is 3.70. The number of benzene rings is 1. The second kappa shape index (κ2) is 5.38. The van der Waals surface area contributed by atoms with Crippen molar-refractivity contribution in [2.45, 2.75) is 11.0 Å². The molecular weight excluding hydrogens is 314 g/mol. The first-order valence-corrected chi connectivity index (χ1v) is 8.63. The van der Waals surface area contributed by atoms with E-state index in [-0.39, 0.29) is 24.6 Å². The molecule has 1 N–H and O–H groups in total. The van der Waals surface area contributed by atoms with Gasteiger partial charge in [-0.1, -0.05) is 18.2 Å². The van der Waals surface area contributed by atoms with Crippen molar-refractivity contribution in [3.63, 3.8) is 0 Å². The molecule has 1 aromatic heterocycles. The molecule has 1 aliphatic rings. The lowest BCUT2D eigenvalue weighted by Gasteiger charge is -2.29. The van der Waals surface area contributed by atoms with Crippen molar-refractivity contribution < 1.29 is 23.1 Å². The summed E-state index contributed by atoms with van der Waals surface area (Å²) in [6, 6.07) is 7.25. The summed E-state index contributed by atoms with van der Waals surface area (Å²) in [6.07, 6.45) is -1.11. The van der Waals surface area contributed by atoms with Gasteiger partial charge < -0.3 is 9.84 Å². The van der Waals surface area contributed by atoms with Crippen molar-refractivity contribution >= 4 is 37.4 Å². The number of nitrogens with zero attached hydrogens (tertiary/aromatic N) is 1. The zero-order valence-electron chi connectivity index (χ0n) is 10.9. The maximum Gasteiger partial charge on any atom is 0.334 e. The highest BCUT2D eigenvalue weighted by molar-refractivity contribution is 7.89. The van der Waals surface area contributed by atoms with E-state index in [1.54, 1.807) is 17.5 Å². The molecule has 1 fully saturated rings. The van der Waals surface area contributed by atoms with Crippen LogP contribution in [0.1, 0.15) is 0 Å². The van der Waals surface area contributed by atoms with Crippen LogP contribution in [-0.2, 0) is 19.6 Å². The van der Waals surface area contributed by atoms with Crippen molar-refractivity contribution in [3.05, 3.63) is 29.6 Å². The van der Waals surface area contributed by atoms with Gasteiger partial charge in [-0.15, -0.1) is 11.3 Å². The van der Waals surface area contributed by atoms with Gasteiger partial charge in [0.05, 0.1) is 13.2 Å². The smallest absolute Gasteiger partial charge is 0.334 e. The summed E-state index contributed by atoms with van der Waals surface area (Å²) >= 11 is 1.36. The quantitative estimate of drug-likeness (QED) is 0.920. The molecule has 1 aliphatic heterocycles. The Labute approximate surface area is 125 Å². The van der Waals surface area contributed by atoms with Crippen molar-refractivity contribution in [1.82, 2.24) is 4.31 Å². The lowest BCUT2D eigenvalue weighted by Crippen LogP contribution is -2.48. The van der Waals surface area contributed by atoms with Crippen LogP contribution in [0, 0.1) is 0 Å². The van der Waals surface area contributed by atoms with E-state index in [9.17, 15) is 13.2 Å². The summed E-state index contributed by atoms with van der Waals surface area (Å²) < 4.78 is 32.6. The lowest BCUT2D eigenvalue weighted by atomic mass is 10.3. The molecular formula is C13H13NO5S2. The predicted molar refractivity (Wildman–Crippen MR) is 78.0 cm³/mol. The second-order valence-corrected chi connectivity index (χ2v) is 7.47. The van der Waals surface area contributed by atoms with Gasteiger partial charge in [0.15, 0.2) is 6.10 Å². The van der Waals surface area contributed by atoms with Gasteiger partial charge >= 0.3 is 5.97 Å². The molecule has 0 amide bonds. The molecule has 112 valence electrons. The average molecular weight is 327 g/mol. The van der Waals surface area contributed by atoms with Gasteiger partial charge in [0, 0.05) is 22.0 Å². The minimum atomic E-state index is -3.71. The van der Waals surface area contributed by atoms with E-state index < -0.39 is 22.1 Å². The Morgan fingerprint density at radius 3 is 2.90 bits per heavy atom. The third-order valence-corrected chi connectivity index (χ3v) is 6.39. The van der Waals surface area contributed by atoms with Crippen LogP contribution in [0.5, 0.6) is 0 Å². The fourth-order valence-corrected chi connectivity index (χ4v) is 5.18. The maximum atomic E-state index is 12.7. The number of ether oxygens (including phenoxy) is 1. The lowest BCUT2D eigenvalue weighted by molar-refractivity contribution is -0.153. The number of hydrogen-bond acceptors (Lipinski definition) is 5. The molecule has 1 aromatic carbocycles. The Bertz CT molecular complexity index is 783. The van der Waals surface area contributed by atoms with E-state index in [2.05, 4.69) is 0 Å². The van der Waals surface area contributed by atoms with Gasteiger partial charge in [0.2, 0.25) is 10.0 Å². The number of fused-ring (bicyclic) bond motifs is 1. The molecule has 8 heteroatoms. The fraction of sp³-hybridized carbons (Fsp3) is 0.308. The molecule has 0 aliphatic carbocycles. The fourth-order valence-electron chi connectivity index (χ4n) is 2.29. The van der Waals surface area contributed by atoms with Crippen molar-refractivity contribution in [1.29, 1.82) is 0 Å². The highest BCUT2D eigenvalue weighted by Crippen LogP contribution is 2.31. The van der Waals surface area contributed by atoms with Crippen LogP contribution in [-0.4, -0.2) is 49.6 Å². The number of carbonyl (C=O) groups is 1. The van der Waals surface area contributed by atoms with Crippen LogP contribution in [0.3, 0.4) is 0 Å². The highest BCUT2D eigenvalue weighted by atomic mass is 32.2. The molecule has 0 bridgehead atoms. The number of carboxylic acids is 1. The predicted octanol–water partition coefficient (Wildman–Crippen LogP) is 1.38. The Morgan fingerprint density at radius 2 is 2.14 bits per heavy atom. The third kappa shape index (κ3) is 2.55. The number of sulfonamides is 1. The average Bonchev–Trinajstić information content (AvgIpc) is 2.92. The molecule has 1 atom stereocenters. The molecule has 1 saturated heterocycles. The Balaban J connectivity index is 1.98. The van der Waals surface area contributed by atoms with Crippen LogP contribution < -0.4 is 0 Å². The third-order valence-electron chi connectivity index (χ3n) is 3.37. The molecule has 0 radical (unpaired) electrons. The Morgan fingerprint density at radius 1 is 1.38 bits per heavy atom. The number of carboxylic acid groups (broad SMARTS) is 1. The first-order chi connectivity index (χ1) is 10.00. The zero-order chi connectivity index (χ0) is 15.0. The summed E-state index contributed by atoms with van der Waals surface area (Å²) in [5.74, 6) is -1.15. The first kappa shape index (κ1) is 14.5. The topological polar surface area (TPSA) is 83.9 Å². The number of thiophene rings is 1. The van der Waals surface area contributed by atoms with Gasteiger partial charge in [0.25, 0.3) is 0 Å². The van der Waals surface area contributed by atoms with Gasteiger partial charge in [-0.05, 0) is 6.07 Å². The van der Waals surface area contributed by atoms with Crippen molar-refractivity contribution in [2.75, 3.05) is 19.7 Å². The van der Waals surface area contributed by atoms with E-state index in [1.807, 2.05) is 12.1 Å². The second-order valence-electron chi connectivity index (χ2n) is 4.66. The van der Waals surface area contributed by atoms with Gasteiger partial charge in [0.1, 0.15) is 4.90 Å². The van der Waals surface area contributed by atoms with Crippen LogP contribution in [0.2, 0.25) is 0 Å². The van der Waals surface area contributed by atoms with Gasteiger partial charge in [-0.3, -0.25) is 0 Å². The number of morpholine rings is 1. The number of rotatable bonds is 3. The van der Waals surface area contributed by atoms with Gasteiger partial charge in [-0.25, -0.2) is 13.2 Å². The summed E-state index contributed by atoms with van der Waals surface area (Å²) in [5.41, 5.74) is 0. The monoisotopic (exact) mass is 327 g/mol. The maximum absolute atomic E-state index is 12.7. The van der Waals surface area contributed by atoms with Crippen LogP contribution in [0.25, 0.3) is 10.1 Å². The number of hydrogen-bond donors (Lipinski definition) is 1. The zero-order valence-corrected chi connectivity index (χ0v) is 12.6. The van der Waals surface area contributed by atoms with E-state index in [0.29, 0.717) is 5.39 Å². The van der Waals surface area contributed by atoms with E-state index in [4.69, 9.17) is 9.84 Å². The van der Waals surface area contributed by atoms with E-state index in [0.717, 1.165) is 4.70 Å². The summed E-state index contributed by atoms with van der Waals surface area (Å²) in [4.78, 5) is 11.2. The molecule has 2 heterocycles. The summed E-state index contributed by atoms with van der Waals surface area (Å²) in [5, 5.41) is 11.2. The molecule has 1 unspecified atom stereocenters. The molecule has 2 aromatic rings. The minimum Gasteiger partial charge on any atom is -0.479 e. The van der Waals surface area contributed by atoms with E-state index >= 15 is 0 Å². The normalized spacial score (nSPS) is 20.7. The summed E-state index contributed by atoms with van der Waals surface area (Å²) in [6.45, 7) is 0.0798. The SMILES string of the molecule is O=C(O)C1CN(S(=O)(=O)c2csc3ccccc23)CCO1. The number of aliphatic carboxylic acids is 1. The van der Waals surface area contributed by atoms with Crippen LogP contribution in [0.4, 0.5) is 0 Å². The standard InChI is InChI=1S/C13H13NO5S2/c15-13(16)10-7-14(5-6-19-10)21(17,18)12-8-20-11-4-2-1-3-9(11)12/h1-4,8,10H,5-7H2,(H,15,16). The van der Waals surface area contributed by atoms with E-state index in [1.165, 1.54) is 15.6 Å². The van der Waals surface area contributed by atoms with Crippen molar-refractivity contribution in [2.24, 2.45) is 0 Å². The largest absolute Gasteiger partial charge is 0.479 e. The van der Waals surface area contributed by atoms with Gasteiger partial charge in [-0.2, -0.15) is 4.31 Å². The highest BCUT2D eigenvalue weighted by Gasteiger charge is 2.35. The molecule has 21 heavy (non-hydrogen) atoms. The van der Waals surface area contributed by atoms with Crippen LogP contribution >= 0.6 is 11.3 Å². The Hall–Kier alpha value is -1.48. The van der Waals surface area contributed by atoms with Crippen molar-refractivity contribution in [3.8, 4) is 0 Å². The minimum absolute atomic E-state index is 0.0816. The summed E-state index contributed by atoms with van der Waals surface area (Å²) in [7, 11) is -3.71. The van der Waals surface area contributed by atoms with Crippen LogP contribution in [0.15, 0.2) is 34.5 Å². The molecule has 0 spiro atoms. The first-order valence-electron chi connectivity index (χ1n) is 6.31. The molecule has 0 saturated carbocycles. The molecule has 6 nitrogen and oxygen atoms in total.